The molecular weight excluding hydrogens is 466 g/mol. The van der Waals surface area contributed by atoms with E-state index in [1.165, 1.54) is 32.1 Å². The van der Waals surface area contributed by atoms with Gasteiger partial charge in [0, 0.05) is 38.1 Å². The SMILES string of the molecule is COc1ccc(CNCCC2CCC(CNc3nc(N(C)C)c4ccccc4n3)CC2)c(OC)c1OC. The van der Waals surface area contributed by atoms with Crippen molar-refractivity contribution < 1.29 is 14.2 Å². The summed E-state index contributed by atoms with van der Waals surface area (Å²) in [6.07, 6.45) is 6.23. The third-order valence-corrected chi connectivity index (χ3v) is 7.35. The van der Waals surface area contributed by atoms with Crippen molar-refractivity contribution in [1.82, 2.24) is 15.3 Å². The molecule has 1 aliphatic rings. The van der Waals surface area contributed by atoms with Crippen LogP contribution in [0.3, 0.4) is 0 Å². The van der Waals surface area contributed by atoms with E-state index in [1.54, 1.807) is 21.3 Å². The first-order chi connectivity index (χ1) is 18.0. The molecule has 0 unspecified atom stereocenters. The fourth-order valence-corrected chi connectivity index (χ4v) is 5.27. The molecule has 1 aromatic heterocycles. The number of nitrogens with zero attached hydrogens (tertiary/aromatic N) is 3. The maximum atomic E-state index is 5.60. The molecule has 1 saturated carbocycles. The standard InChI is InChI=1S/C29H41N5O3/c1-34(2)28-23-8-6-7-9-24(23)32-29(33-28)31-18-21-12-10-20(11-13-21)16-17-30-19-22-14-15-25(35-3)27(37-5)26(22)36-4/h6-9,14-15,20-21,30H,10-13,16-19H2,1-5H3,(H,31,32,33). The molecule has 0 atom stereocenters. The number of rotatable bonds is 12. The van der Waals surface area contributed by atoms with Gasteiger partial charge in [-0.3, -0.25) is 0 Å². The lowest BCUT2D eigenvalue weighted by molar-refractivity contribution is 0.269. The second-order valence-electron chi connectivity index (χ2n) is 10.0. The molecule has 0 aliphatic heterocycles. The first-order valence-electron chi connectivity index (χ1n) is 13.2. The summed E-state index contributed by atoms with van der Waals surface area (Å²) in [7, 11) is 9.00. The molecule has 0 radical (unpaired) electrons. The Morgan fingerprint density at radius 1 is 0.865 bits per heavy atom. The molecule has 1 heterocycles. The van der Waals surface area contributed by atoms with Crippen LogP contribution >= 0.6 is 0 Å². The normalized spacial score (nSPS) is 17.4. The van der Waals surface area contributed by atoms with E-state index in [1.807, 2.05) is 38.4 Å². The van der Waals surface area contributed by atoms with Gasteiger partial charge in [-0.2, -0.15) is 4.98 Å². The van der Waals surface area contributed by atoms with Crippen molar-refractivity contribution in [2.45, 2.75) is 38.6 Å². The Morgan fingerprint density at radius 2 is 1.59 bits per heavy atom. The summed E-state index contributed by atoms with van der Waals surface area (Å²) in [5.74, 6) is 5.17. The fraction of sp³-hybridized carbons (Fsp3) is 0.517. The number of methoxy groups -OCH3 is 3. The van der Waals surface area contributed by atoms with Crippen LogP contribution in [0.25, 0.3) is 10.9 Å². The van der Waals surface area contributed by atoms with E-state index < -0.39 is 0 Å². The van der Waals surface area contributed by atoms with Gasteiger partial charge in [0.25, 0.3) is 0 Å². The quantitative estimate of drug-likeness (QED) is 0.327. The Bertz CT molecular complexity index is 1160. The highest BCUT2D eigenvalue weighted by Gasteiger charge is 2.22. The second kappa shape index (κ2) is 12.8. The van der Waals surface area contributed by atoms with E-state index in [4.69, 9.17) is 24.2 Å². The maximum absolute atomic E-state index is 5.60. The molecule has 4 rings (SSSR count). The molecule has 0 bridgehead atoms. The molecule has 0 spiro atoms. The molecule has 2 aromatic carbocycles. The van der Waals surface area contributed by atoms with Crippen LogP contribution in [0.15, 0.2) is 36.4 Å². The second-order valence-corrected chi connectivity index (χ2v) is 10.0. The van der Waals surface area contributed by atoms with Crippen LogP contribution in [-0.2, 0) is 6.54 Å². The van der Waals surface area contributed by atoms with Crippen molar-refractivity contribution in [3.8, 4) is 17.2 Å². The lowest BCUT2D eigenvalue weighted by Crippen LogP contribution is -2.25. The van der Waals surface area contributed by atoms with Crippen LogP contribution in [0.4, 0.5) is 11.8 Å². The van der Waals surface area contributed by atoms with E-state index in [0.717, 1.165) is 59.5 Å². The molecule has 8 nitrogen and oxygen atoms in total. The molecule has 0 saturated heterocycles. The van der Waals surface area contributed by atoms with E-state index in [0.29, 0.717) is 17.4 Å². The molecular formula is C29H41N5O3. The topological polar surface area (TPSA) is 80.8 Å². The Labute approximate surface area is 220 Å². The third kappa shape index (κ3) is 6.55. The molecule has 0 amide bonds. The van der Waals surface area contributed by atoms with Crippen molar-refractivity contribution in [2.75, 3.05) is 58.7 Å². The number of anilines is 2. The fourth-order valence-electron chi connectivity index (χ4n) is 5.27. The average molecular weight is 508 g/mol. The molecule has 1 fully saturated rings. The highest BCUT2D eigenvalue weighted by molar-refractivity contribution is 5.90. The number of nitrogens with one attached hydrogen (secondary N) is 2. The highest BCUT2D eigenvalue weighted by Crippen LogP contribution is 2.39. The number of hydrogen-bond acceptors (Lipinski definition) is 8. The lowest BCUT2D eigenvalue weighted by Gasteiger charge is -2.29. The van der Waals surface area contributed by atoms with E-state index in [9.17, 15) is 0 Å². The molecule has 8 heteroatoms. The minimum atomic E-state index is 0.642. The predicted molar refractivity (Wildman–Crippen MR) is 150 cm³/mol. The third-order valence-electron chi connectivity index (χ3n) is 7.35. The van der Waals surface area contributed by atoms with Gasteiger partial charge in [-0.05, 0) is 55.8 Å². The zero-order valence-corrected chi connectivity index (χ0v) is 22.8. The molecule has 200 valence electrons. The van der Waals surface area contributed by atoms with Crippen LogP contribution < -0.4 is 29.7 Å². The summed E-state index contributed by atoms with van der Waals surface area (Å²) in [4.78, 5) is 11.6. The van der Waals surface area contributed by atoms with Gasteiger partial charge < -0.3 is 29.7 Å². The molecule has 3 aromatic rings. The van der Waals surface area contributed by atoms with E-state index >= 15 is 0 Å². The average Bonchev–Trinajstić information content (AvgIpc) is 2.93. The zero-order chi connectivity index (χ0) is 26.2. The van der Waals surface area contributed by atoms with Gasteiger partial charge in [-0.25, -0.2) is 4.98 Å². The van der Waals surface area contributed by atoms with Crippen LogP contribution in [0.1, 0.15) is 37.7 Å². The first kappa shape index (κ1) is 26.8. The lowest BCUT2D eigenvalue weighted by atomic mass is 9.80. The minimum absolute atomic E-state index is 0.642. The number of para-hydroxylation sites is 1. The number of benzene rings is 2. The summed E-state index contributed by atoms with van der Waals surface area (Å²) in [5.41, 5.74) is 2.05. The summed E-state index contributed by atoms with van der Waals surface area (Å²) >= 11 is 0. The molecule has 37 heavy (non-hydrogen) atoms. The van der Waals surface area contributed by atoms with Gasteiger partial charge >= 0.3 is 0 Å². The van der Waals surface area contributed by atoms with Crippen molar-refractivity contribution in [2.24, 2.45) is 11.8 Å². The van der Waals surface area contributed by atoms with Crippen molar-refractivity contribution in [3.05, 3.63) is 42.0 Å². The van der Waals surface area contributed by atoms with Crippen LogP contribution in [0.2, 0.25) is 0 Å². The Hall–Kier alpha value is -3.26. The van der Waals surface area contributed by atoms with Gasteiger partial charge in [0.1, 0.15) is 5.82 Å². The smallest absolute Gasteiger partial charge is 0.225 e. The first-order valence-corrected chi connectivity index (χ1v) is 13.2. The highest BCUT2D eigenvalue weighted by atomic mass is 16.5. The van der Waals surface area contributed by atoms with E-state index in [-0.39, 0.29) is 0 Å². The Balaban J connectivity index is 1.21. The number of aromatic nitrogens is 2. The van der Waals surface area contributed by atoms with Crippen molar-refractivity contribution in [3.63, 3.8) is 0 Å². The summed E-state index contributed by atoms with van der Waals surface area (Å²) in [5, 5.41) is 8.19. The van der Waals surface area contributed by atoms with Crippen LogP contribution in [0.5, 0.6) is 17.2 Å². The number of ether oxygens (including phenoxy) is 3. The monoisotopic (exact) mass is 507 g/mol. The number of hydrogen-bond donors (Lipinski definition) is 2. The minimum Gasteiger partial charge on any atom is -0.493 e. The summed E-state index contributed by atoms with van der Waals surface area (Å²) < 4.78 is 16.5. The number of fused-ring (bicyclic) bond motifs is 1. The molecule has 2 N–H and O–H groups in total. The summed E-state index contributed by atoms with van der Waals surface area (Å²) in [6, 6.07) is 12.2. The Kier molecular flexibility index (Phi) is 9.28. The van der Waals surface area contributed by atoms with Crippen LogP contribution in [-0.4, -0.2) is 58.5 Å². The Morgan fingerprint density at radius 3 is 2.30 bits per heavy atom. The summed E-state index contributed by atoms with van der Waals surface area (Å²) in [6.45, 7) is 2.65. The van der Waals surface area contributed by atoms with Crippen molar-refractivity contribution >= 4 is 22.7 Å². The van der Waals surface area contributed by atoms with Gasteiger partial charge in [-0.15, -0.1) is 0 Å². The van der Waals surface area contributed by atoms with E-state index in [2.05, 4.69) is 27.7 Å². The van der Waals surface area contributed by atoms with Gasteiger partial charge in [-0.1, -0.05) is 31.0 Å². The predicted octanol–water partition coefficient (Wildman–Crippen LogP) is 5.12. The molecule has 1 aliphatic carbocycles. The van der Waals surface area contributed by atoms with Crippen molar-refractivity contribution in [1.29, 1.82) is 0 Å². The van der Waals surface area contributed by atoms with Crippen LogP contribution in [0, 0.1) is 11.8 Å². The van der Waals surface area contributed by atoms with Gasteiger partial charge in [0.2, 0.25) is 11.7 Å². The zero-order valence-electron chi connectivity index (χ0n) is 22.8. The maximum Gasteiger partial charge on any atom is 0.225 e. The van der Waals surface area contributed by atoms with Gasteiger partial charge in [0.05, 0.1) is 26.8 Å². The van der Waals surface area contributed by atoms with Gasteiger partial charge in [0.15, 0.2) is 11.5 Å². The largest absolute Gasteiger partial charge is 0.493 e.